The quantitative estimate of drug-likeness (QED) is 0.0986. The zero-order chi connectivity index (χ0) is 29.7. The van der Waals surface area contributed by atoms with Gasteiger partial charge < -0.3 is 14.4 Å². The molecule has 0 spiro atoms. The summed E-state index contributed by atoms with van der Waals surface area (Å²) in [6.45, 7) is 8.42. The number of likely N-dealkylation sites (tertiary alicyclic amines) is 1. The van der Waals surface area contributed by atoms with Crippen molar-refractivity contribution in [1.82, 2.24) is 9.62 Å². The maximum Gasteiger partial charge on any atom is 0.269 e. The molecule has 0 amide bonds. The first-order valence-electron chi connectivity index (χ1n) is 16.0. The number of ether oxygens (including phenoxy) is 2. The minimum atomic E-state index is -3.92. The summed E-state index contributed by atoms with van der Waals surface area (Å²) in [7, 11) is -3.92. The highest BCUT2D eigenvalue weighted by molar-refractivity contribution is 7.89. The molecule has 10 heteroatoms. The Morgan fingerprint density at radius 1 is 0.927 bits per heavy atom. The van der Waals surface area contributed by atoms with Crippen molar-refractivity contribution in [1.29, 1.82) is 0 Å². The molecule has 1 aromatic rings. The average Bonchev–Trinajstić information content (AvgIpc) is 3.55. The van der Waals surface area contributed by atoms with Gasteiger partial charge >= 0.3 is 0 Å². The van der Waals surface area contributed by atoms with Gasteiger partial charge in [-0.2, -0.15) is 0 Å². The summed E-state index contributed by atoms with van der Waals surface area (Å²) < 4.78 is 42.4. The van der Waals surface area contributed by atoms with Crippen molar-refractivity contribution in [3.8, 4) is 0 Å². The molecular formula is C31H53N3O6S. The van der Waals surface area contributed by atoms with E-state index in [0.29, 0.717) is 6.54 Å². The van der Waals surface area contributed by atoms with Crippen LogP contribution in [0.4, 0.5) is 5.69 Å². The van der Waals surface area contributed by atoms with Crippen LogP contribution in [0.3, 0.4) is 0 Å². The molecule has 3 atom stereocenters. The number of nitrogens with one attached hydrogen (secondary N) is 1. The average molecular weight is 596 g/mol. The molecule has 2 heterocycles. The lowest BCUT2D eigenvalue weighted by atomic mass is 9.99. The Hall–Kier alpha value is -1.59. The normalized spacial score (nSPS) is 21.8. The number of nitro groups is 1. The number of unbranched alkanes of at least 4 members (excludes halogenated alkanes) is 11. The number of nitro benzene ring substituents is 1. The number of hydrogen-bond donors (Lipinski definition) is 1. The monoisotopic (exact) mass is 595 g/mol. The Kier molecular flexibility index (Phi) is 14.0. The maximum absolute atomic E-state index is 13.4. The lowest BCUT2D eigenvalue weighted by molar-refractivity contribution is -0.384. The third kappa shape index (κ3) is 11.5. The van der Waals surface area contributed by atoms with Gasteiger partial charge in [0.15, 0.2) is 5.79 Å². The van der Waals surface area contributed by atoms with Crippen LogP contribution in [0.1, 0.15) is 117 Å². The maximum atomic E-state index is 13.4. The Labute approximate surface area is 247 Å². The van der Waals surface area contributed by atoms with Crippen LogP contribution in [-0.2, 0) is 19.5 Å². The van der Waals surface area contributed by atoms with Crippen LogP contribution in [0.5, 0.6) is 0 Å². The zero-order valence-corrected chi connectivity index (χ0v) is 26.3. The van der Waals surface area contributed by atoms with Gasteiger partial charge in [0.25, 0.3) is 5.69 Å². The van der Waals surface area contributed by atoms with Gasteiger partial charge in [0, 0.05) is 18.7 Å². The van der Waals surface area contributed by atoms with E-state index in [4.69, 9.17) is 9.47 Å². The van der Waals surface area contributed by atoms with E-state index in [1.165, 1.54) is 88.5 Å². The van der Waals surface area contributed by atoms with Crippen LogP contribution < -0.4 is 4.72 Å². The van der Waals surface area contributed by atoms with Gasteiger partial charge in [-0.15, -0.1) is 0 Å². The molecule has 0 aliphatic carbocycles. The predicted molar refractivity (Wildman–Crippen MR) is 162 cm³/mol. The smallest absolute Gasteiger partial charge is 0.269 e. The molecule has 3 rings (SSSR count). The Bertz CT molecular complexity index is 1010. The fraction of sp³-hybridized carbons (Fsp3) is 0.806. The summed E-state index contributed by atoms with van der Waals surface area (Å²) in [5, 5.41) is 11.0. The molecule has 2 saturated heterocycles. The standard InChI is InChI=1S/C31H53N3O6S/c1-4-5-6-7-8-9-10-11-12-13-14-15-18-29-30(40-31(2,3)39-29)28(25-33-23-16-17-24-33)32-41(37,38)27-21-19-26(20-22-27)34(35)36/h19-22,28-30,32H,4-18,23-25H2,1-3H3/t28-,29+,30-/m0/s1. The Morgan fingerprint density at radius 2 is 1.46 bits per heavy atom. The summed E-state index contributed by atoms with van der Waals surface area (Å²) in [5.41, 5.74) is -0.144. The molecule has 0 radical (unpaired) electrons. The van der Waals surface area contributed by atoms with E-state index in [1.54, 1.807) is 0 Å². The highest BCUT2D eigenvalue weighted by Gasteiger charge is 2.46. The summed E-state index contributed by atoms with van der Waals surface area (Å²) in [6.07, 6.45) is 17.7. The third-order valence-corrected chi connectivity index (χ3v) is 9.78. The van der Waals surface area contributed by atoms with E-state index in [0.717, 1.165) is 45.2 Å². The van der Waals surface area contributed by atoms with E-state index < -0.39 is 32.9 Å². The minimum Gasteiger partial charge on any atom is -0.345 e. The second-order valence-corrected chi connectivity index (χ2v) is 14.0. The highest BCUT2D eigenvalue weighted by Crippen LogP contribution is 2.34. The van der Waals surface area contributed by atoms with Gasteiger partial charge in [-0.25, -0.2) is 13.1 Å². The van der Waals surface area contributed by atoms with Crippen LogP contribution >= 0.6 is 0 Å². The minimum absolute atomic E-state index is 0.00482. The van der Waals surface area contributed by atoms with Crippen molar-refractivity contribution in [3.05, 3.63) is 34.4 Å². The number of sulfonamides is 1. The molecule has 0 bridgehead atoms. The first kappa shape index (κ1) is 33.9. The van der Waals surface area contributed by atoms with Crippen molar-refractivity contribution >= 4 is 15.7 Å². The van der Waals surface area contributed by atoms with Crippen molar-refractivity contribution in [2.75, 3.05) is 19.6 Å². The molecule has 0 saturated carbocycles. The number of non-ortho nitro benzene ring substituents is 1. The third-order valence-electron chi connectivity index (χ3n) is 8.28. The van der Waals surface area contributed by atoms with E-state index >= 15 is 0 Å². The number of hydrogen-bond acceptors (Lipinski definition) is 7. The number of benzene rings is 1. The first-order valence-corrected chi connectivity index (χ1v) is 17.4. The van der Waals surface area contributed by atoms with Crippen LogP contribution in [0, 0.1) is 10.1 Å². The lowest BCUT2D eigenvalue weighted by Gasteiger charge is -2.31. The van der Waals surface area contributed by atoms with Crippen molar-refractivity contribution in [2.24, 2.45) is 0 Å². The van der Waals surface area contributed by atoms with Crippen molar-refractivity contribution < 1.29 is 22.8 Å². The molecule has 41 heavy (non-hydrogen) atoms. The van der Waals surface area contributed by atoms with Gasteiger partial charge in [0.2, 0.25) is 10.0 Å². The molecule has 1 N–H and O–H groups in total. The summed E-state index contributed by atoms with van der Waals surface area (Å²) in [4.78, 5) is 12.8. The molecule has 0 unspecified atom stereocenters. The molecule has 2 aliphatic heterocycles. The Morgan fingerprint density at radius 3 is 2.00 bits per heavy atom. The van der Waals surface area contributed by atoms with E-state index in [1.807, 2.05) is 13.8 Å². The molecule has 9 nitrogen and oxygen atoms in total. The van der Waals surface area contributed by atoms with Crippen LogP contribution in [0.2, 0.25) is 0 Å². The van der Waals surface area contributed by atoms with Crippen LogP contribution in [-0.4, -0.2) is 61.9 Å². The number of rotatable bonds is 20. The molecule has 0 aromatic heterocycles. The topological polar surface area (TPSA) is 111 Å². The second-order valence-electron chi connectivity index (χ2n) is 12.3. The molecular weight excluding hydrogens is 542 g/mol. The predicted octanol–water partition coefficient (Wildman–Crippen LogP) is 6.95. The zero-order valence-electron chi connectivity index (χ0n) is 25.5. The summed E-state index contributed by atoms with van der Waals surface area (Å²) >= 11 is 0. The van der Waals surface area contributed by atoms with E-state index in [9.17, 15) is 18.5 Å². The van der Waals surface area contributed by atoms with Gasteiger partial charge in [-0.05, 0) is 58.3 Å². The van der Waals surface area contributed by atoms with Gasteiger partial charge in [-0.3, -0.25) is 10.1 Å². The van der Waals surface area contributed by atoms with Crippen LogP contribution in [0.15, 0.2) is 29.2 Å². The van der Waals surface area contributed by atoms with Crippen molar-refractivity contribution in [3.63, 3.8) is 0 Å². The molecule has 1 aromatic carbocycles. The van der Waals surface area contributed by atoms with E-state index in [2.05, 4.69) is 16.5 Å². The van der Waals surface area contributed by atoms with Gasteiger partial charge in [-0.1, -0.05) is 84.0 Å². The Balaban J connectivity index is 1.55. The molecule has 234 valence electrons. The van der Waals surface area contributed by atoms with Crippen LogP contribution in [0.25, 0.3) is 0 Å². The second kappa shape index (κ2) is 16.9. The first-order chi connectivity index (χ1) is 19.6. The molecule has 2 aliphatic rings. The summed E-state index contributed by atoms with van der Waals surface area (Å²) in [5.74, 6) is -0.797. The fourth-order valence-corrected chi connectivity index (χ4v) is 7.32. The lowest BCUT2D eigenvalue weighted by Crippen LogP contribution is -2.53. The fourth-order valence-electron chi connectivity index (χ4n) is 6.08. The number of nitrogens with zero attached hydrogens (tertiary/aromatic N) is 2. The van der Waals surface area contributed by atoms with Crippen molar-refractivity contribution in [2.45, 2.75) is 146 Å². The van der Waals surface area contributed by atoms with Gasteiger partial charge in [0.1, 0.15) is 6.10 Å². The largest absolute Gasteiger partial charge is 0.345 e. The summed E-state index contributed by atoms with van der Waals surface area (Å²) in [6, 6.07) is 4.51. The van der Waals surface area contributed by atoms with Gasteiger partial charge in [0.05, 0.1) is 22.0 Å². The van der Waals surface area contributed by atoms with E-state index in [-0.39, 0.29) is 16.7 Å². The SMILES string of the molecule is CCCCCCCCCCCCCC[C@H]1OC(C)(C)O[C@H]1[C@H](CN1CCCC1)NS(=O)(=O)c1ccc([N+](=O)[O-])cc1. The molecule has 2 fully saturated rings. The highest BCUT2D eigenvalue weighted by atomic mass is 32.2.